The molecule has 3 amide bonds. The van der Waals surface area contributed by atoms with Crippen molar-refractivity contribution in [1.82, 2.24) is 9.47 Å². The number of hydrogen-bond acceptors (Lipinski definition) is 4. The van der Waals surface area contributed by atoms with Gasteiger partial charge in [0.1, 0.15) is 0 Å². The molecule has 7 heteroatoms. The molecule has 1 N–H and O–H groups in total. The highest BCUT2D eigenvalue weighted by Gasteiger charge is 2.29. The molecule has 1 aliphatic heterocycles. The average Bonchev–Trinajstić information content (AvgIpc) is 3.22. The van der Waals surface area contributed by atoms with Crippen molar-refractivity contribution < 1.29 is 14.4 Å². The highest BCUT2D eigenvalue weighted by molar-refractivity contribution is 8.14. The molecule has 158 valence electrons. The fourth-order valence-electron chi connectivity index (χ4n) is 4.52. The number of carbonyl (C=O) groups excluding carboxylic acids is 3. The average molecular weight is 426 g/mol. The molecule has 1 aromatic carbocycles. The zero-order chi connectivity index (χ0) is 21.3. The predicted molar refractivity (Wildman–Crippen MR) is 119 cm³/mol. The smallest absolute Gasteiger partial charge is 0.289 e. The summed E-state index contributed by atoms with van der Waals surface area (Å²) in [6.45, 7) is 4.37. The molecule has 30 heavy (non-hydrogen) atoms. The summed E-state index contributed by atoms with van der Waals surface area (Å²) in [5.74, 6) is -0.0541. The molecule has 1 aromatic heterocycles. The number of carbonyl (C=O) groups is 3. The van der Waals surface area contributed by atoms with Crippen LogP contribution in [0.1, 0.15) is 65.5 Å². The highest BCUT2D eigenvalue weighted by Crippen LogP contribution is 2.32. The van der Waals surface area contributed by atoms with Gasteiger partial charge in [-0.15, -0.1) is 0 Å². The largest absolute Gasteiger partial charge is 0.345 e. The fraction of sp³-hybridized carbons (Fsp3) is 0.435. The second-order valence-electron chi connectivity index (χ2n) is 8.13. The molecule has 2 fully saturated rings. The van der Waals surface area contributed by atoms with Crippen molar-refractivity contribution in [3.8, 4) is 0 Å². The van der Waals surface area contributed by atoms with E-state index in [-0.39, 0.29) is 29.4 Å². The van der Waals surface area contributed by atoms with Crippen LogP contribution in [0.15, 0.2) is 30.3 Å². The van der Waals surface area contributed by atoms with Gasteiger partial charge in [0.2, 0.25) is 5.91 Å². The first kappa shape index (κ1) is 20.7. The normalized spacial score (nSPS) is 17.6. The van der Waals surface area contributed by atoms with Crippen molar-refractivity contribution in [3.63, 3.8) is 0 Å². The first-order valence-corrected chi connectivity index (χ1v) is 11.5. The zero-order valence-electron chi connectivity index (χ0n) is 17.4. The summed E-state index contributed by atoms with van der Waals surface area (Å²) in [4.78, 5) is 37.7. The first-order chi connectivity index (χ1) is 14.4. The summed E-state index contributed by atoms with van der Waals surface area (Å²) in [5, 5.41) is 2.77. The van der Waals surface area contributed by atoms with E-state index in [1.807, 2.05) is 37.3 Å². The Morgan fingerprint density at radius 1 is 1.10 bits per heavy atom. The van der Waals surface area contributed by atoms with Crippen molar-refractivity contribution in [2.24, 2.45) is 0 Å². The van der Waals surface area contributed by atoms with E-state index in [4.69, 9.17) is 0 Å². The van der Waals surface area contributed by atoms with Crippen LogP contribution >= 0.6 is 11.8 Å². The van der Waals surface area contributed by atoms with Crippen LogP contribution in [0.2, 0.25) is 0 Å². The Kier molecular flexibility index (Phi) is 5.99. The number of benzene rings is 1. The fourth-order valence-corrected chi connectivity index (χ4v) is 5.24. The van der Waals surface area contributed by atoms with Crippen molar-refractivity contribution in [1.29, 1.82) is 0 Å². The van der Waals surface area contributed by atoms with Crippen LogP contribution in [0.3, 0.4) is 0 Å². The van der Waals surface area contributed by atoms with Gasteiger partial charge in [-0.3, -0.25) is 19.3 Å². The standard InChI is InChI=1S/C23H27N3O3S/c1-15-12-20(16(2)26(15)19-6-4-3-5-7-19)22(28)24-18-10-8-17(9-11-18)13-25-21(27)14-30-23(25)29/h8-12,19H,3-7,13-14H2,1-2H3,(H,24,28). The molecule has 2 aliphatic rings. The third kappa shape index (κ3) is 4.17. The summed E-state index contributed by atoms with van der Waals surface area (Å²) in [6, 6.07) is 9.77. The lowest BCUT2D eigenvalue weighted by Crippen LogP contribution is -2.27. The summed E-state index contributed by atoms with van der Waals surface area (Å²) in [6.07, 6.45) is 6.17. The molecule has 0 unspecified atom stereocenters. The van der Waals surface area contributed by atoms with Gasteiger partial charge in [0.25, 0.3) is 11.1 Å². The van der Waals surface area contributed by atoms with Crippen molar-refractivity contribution in [2.75, 3.05) is 11.1 Å². The predicted octanol–water partition coefficient (Wildman–Crippen LogP) is 5.06. The van der Waals surface area contributed by atoms with Gasteiger partial charge >= 0.3 is 0 Å². The number of imide groups is 1. The summed E-state index contributed by atoms with van der Waals surface area (Å²) in [5.41, 5.74) is 4.43. The van der Waals surface area contributed by atoms with E-state index >= 15 is 0 Å². The summed E-state index contributed by atoms with van der Waals surface area (Å²) < 4.78 is 2.33. The minimum Gasteiger partial charge on any atom is -0.345 e. The third-order valence-corrected chi connectivity index (χ3v) is 6.92. The number of nitrogens with one attached hydrogen (secondary N) is 1. The van der Waals surface area contributed by atoms with E-state index in [0.717, 1.165) is 28.7 Å². The molecular weight excluding hydrogens is 398 g/mol. The van der Waals surface area contributed by atoms with Crippen LogP contribution in [-0.2, 0) is 11.3 Å². The van der Waals surface area contributed by atoms with Gasteiger partial charge in [0, 0.05) is 23.1 Å². The number of aromatic nitrogens is 1. The van der Waals surface area contributed by atoms with Gasteiger partial charge < -0.3 is 9.88 Å². The van der Waals surface area contributed by atoms with Crippen LogP contribution in [0.5, 0.6) is 0 Å². The minimum absolute atomic E-state index is 0.112. The Balaban J connectivity index is 1.44. The Bertz CT molecular complexity index is 958. The Morgan fingerprint density at radius 3 is 2.43 bits per heavy atom. The number of hydrogen-bond donors (Lipinski definition) is 1. The van der Waals surface area contributed by atoms with Gasteiger partial charge in [0.05, 0.1) is 17.9 Å². The van der Waals surface area contributed by atoms with Crippen LogP contribution in [0.25, 0.3) is 0 Å². The van der Waals surface area contributed by atoms with Crippen LogP contribution in [0.4, 0.5) is 10.5 Å². The molecule has 4 rings (SSSR count). The molecule has 6 nitrogen and oxygen atoms in total. The Morgan fingerprint density at radius 2 is 1.80 bits per heavy atom. The second kappa shape index (κ2) is 8.68. The molecule has 0 spiro atoms. The quantitative estimate of drug-likeness (QED) is 0.727. The van der Waals surface area contributed by atoms with Crippen LogP contribution in [-0.4, -0.2) is 32.3 Å². The maximum atomic E-state index is 12.9. The molecule has 1 aliphatic carbocycles. The number of rotatable bonds is 5. The van der Waals surface area contributed by atoms with Crippen LogP contribution in [0, 0.1) is 13.8 Å². The lowest BCUT2D eigenvalue weighted by molar-refractivity contribution is -0.125. The number of nitrogens with zero attached hydrogens (tertiary/aromatic N) is 2. The van der Waals surface area contributed by atoms with E-state index in [1.165, 1.54) is 37.0 Å². The van der Waals surface area contributed by atoms with Crippen molar-refractivity contribution in [3.05, 3.63) is 52.8 Å². The number of aryl methyl sites for hydroxylation is 1. The van der Waals surface area contributed by atoms with Crippen molar-refractivity contribution >= 4 is 34.5 Å². The molecule has 0 atom stereocenters. The van der Waals surface area contributed by atoms with Gasteiger partial charge in [-0.1, -0.05) is 43.2 Å². The first-order valence-electron chi connectivity index (χ1n) is 10.5. The third-order valence-electron chi connectivity index (χ3n) is 6.06. The molecule has 1 saturated carbocycles. The van der Waals surface area contributed by atoms with Gasteiger partial charge in [0.15, 0.2) is 0 Å². The van der Waals surface area contributed by atoms with E-state index in [1.54, 1.807) is 0 Å². The monoisotopic (exact) mass is 425 g/mol. The molecule has 0 bridgehead atoms. The summed E-state index contributed by atoms with van der Waals surface area (Å²) in [7, 11) is 0. The molecule has 1 saturated heterocycles. The van der Waals surface area contributed by atoms with Gasteiger partial charge in [-0.2, -0.15) is 0 Å². The van der Waals surface area contributed by atoms with E-state index in [0.29, 0.717) is 17.3 Å². The highest BCUT2D eigenvalue weighted by atomic mass is 32.2. The lowest BCUT2D eigenvalue weighted by atomic mass is 9.95. The van der Waals surface area contributed by atoms with E-state index in [9.17, 15) is 14.4 Å². The number of amides is 3. The van der Waals surface area contributed by atoms with E-state index < -0.39 is 0 Å². The molecule has 0 radical (unpaired) electrons. The van der Waals surface area contributed by atoms with Crippen molar-refractivity contribution in [2.45, 2.75) is 58.5 Å². The number of anilines is 1. The van der Waals surface area contributed by atoms with Crippen LogP contribution < -0.4 is 5.32 Å². The topological polar surface area (TPSA) is 71.4 Å². The Hall–Kier alpha value is -2.54. The van der Waals surface area contributed by atoms with E-state index in [2.05, 4.69) is 16.8 Å². The lowest BCUT2D eigenvalue weighted by Gasteiger charge is -2.26. The van der Waals surface area contributed by atoms with Gasteiger partial charge in [-0.25, -0.2) is 0 Å². The maximum absolute atomic E-state index is 12.9. The van der Waals surface area contributed by atoms with Gasteiger partial charge in [-0.05, 0) is 50.5 Å². The second-order valence-corrected chi connectivity index (χ2v) is 9.06. The SMILES string of the molecule is Cc1cc(C(=O)Nc2ccc(CN3C(=O)CSC3=O)cc2)c(C)n1C1CCCCC1. The maximum Gasteiger partial charge on any atom is 0.289 e. The minimum atomic E-state index is -0.203. The molecule has 2 heterocycles. The molecule has 2 aromatic rings. The Labute approximate surface area is 181 Å². The number of thioether (sulfide) groups is 1. The molecular formula is C23H27N3O3S. The zero-order valence-corrected chi connectivity index (χ0v) is 18.3. The summed E-state index contributed by atoms with van der Waals surface area (Å²) >= 11 is 1.03.